The van der Waals surface area contributed by atoms with Crippen LogP contribution < -0.4 is 20.3 Å². The largest absolute Gasteiger partial charge is 0.487 e. The first-order valence-electron chi connectivity index (χ1n) is 11.5. The highest BCUT2D eigenvalue weighted by Gasteiger charge is 2.31. The van der Waals surface area contributed by atoms with Gasteiger partial charge in [0.05, 0.1) is 13.1 Å². The van der Waals surface area contributed by atoms with Crippen molar-refractivity contribution in [1.29, 1.82) is 0 Å². The number of hydrogen-bond donors (Lipinski definition) is 2. The van der Waals surface area contributed by atoms with E-state index >= 15 is 0 Å². The molecule has 2 N–H and O–H groups in total. The van der Waals surface area contributed by atoms with Crippen LogP contribution in [0.15, 0.2) is 54.9 Å². The molecule has 1 aliphatic carbocycles. The molecule has 170 valence electrons. The third-order valence-corrected chi connectivity index (χ3v) is 6.31. The summed E-state index contributed by atoms with van der Waals surface area (Å²) in [5, 5.41) is 5.77. The second-order valence-corrected chi connectivity index (χ2v) is 8.59. The van der Waals surface area contributed by atoms with E-state index in [4.69, 9.17) is 4.74 Å². The lowest BCUT2D eigenvalue weighted by Gasteiger charge is -2.38. The molecule has 1 saturated carbocycles. The Morgan fingerprint density at radius 1 is 1.06 bits per heavy atom. The van der Waals surface area contributed by atoms with Crippen molar-refractivity contribution in [3.8, 4) is 5.75 Å². The van der Waals surface area contributed by atoms with E-state index in [9.17, 15) is 4.79 Å². The van der Waals surface area contributed by atoms with E-state index in [-0.39, 0.29) is 12.0 Å². The summed E-state index contributed by atoms with van der Waals surface area (Å²) in [5.74, 6) is 2.52. The maximum Gasteiger partial charge on any atom is 0.251 e. The molecule has 1 saturated heterocycles. The Labute approximate surface area is 193 Å². The fraction of sp³-hybridized carbons (Fsp3) is 0.360. The van der Waals surface area contributed by atoms with Gasteiger partial charge in [0.15, 0.2) is 0 Å². The maximum absolute atomic E-state index is 11.8. The second-order valence-electron chi connectivity index (χ2n) is 8.59. The summed E-state index contributed by atoms with van der Waals surface area (Å²) in [7, 11) is 1.61. The van der Waals surface area contributed by atoms with Crippen LogP contribution in [0.25, 0.3) is 0 Å². The SMILES string of the molecule is CNC(=O)c1cccc(Nc2ncnc(N3CC(Oc4ccc(C5CCCC5)cc4)C3)n2)c1. The van der Waals surface area contributed by atoms with Crippen LogP contribution in [0.2, 0.25) is 0 Å². The Hall–Kier alpha value is -3.68. The first kappa shape index (κ1) is 21.2. The molecule has 33 heavy (non-hydrogen) atoms. The van der Waals surface area contributed by atoms with Crippen molar-refractivity contribution in [2.75, 3.05) is 30.4 Å². The van der Waals surface area contributed by atoms with Gasteiger partial charge in [-0.05, 0) is 54.7 Å². The van der Waals surface area contributed by atoms with Gasteiger partial charge in [-0.1, -0.05) is 31.0 Å². The lowest BCUT2D eigenvalue weighted by molar-refractivity contribution is 0.0963. The predicted octanol–water partition coefficient (Wildman–Crippen LogP) is 3.90. The molecular formula is C25H28N6O2. The molecule has 1 aromatic heterocycles. The van der Waals surface area contributed by atoms with Crippen LogP contribution in [0.3, 0.4) is 0 Å². The van der Waals surface area contributed by atoms with Crippen molar-refractivity contribution >= 4 is 23.5 Å². The maximum atomic E-state index is 11.8. The fourth-order valence-corrected chi connectivity index (χ4v) is 4.46. The molecular weight excluding hydrogens is 416 g/mol. The van der Waals surface area contributed by atoms with Gasteiger partial charge in [-0.15, -0.1) is 0 Å². The first-order valence-corrected chi connectivity index (χ1v) is 11.5. The number of benzene rings is 2. The summed E-state index contributed by atoms with van der Waals surface area (Å²) in [6.45, 7) is 1.44. The molecule has 0 atom stereocenters. The second kappa shape index (κ2) is 9.44. The molecule has 0 bridgehead atoms. The van der Waals surface area contributed by atoms with Gasteiger partial charge in [-0.3, -0.25) is 4.79 Å². The normalized spacial score (nSPS) is 16.3. The predicted molar refractivity (Wildman–Crippen MR) is 127 cm³/mol. The molecule has 1 aliphatic heterocycles. The third-order valence-electron chi connectivity index (χ3n) is 6.31. The molecule has 2 fully saturated rings. The van der Waals surface area contributed by atoms with Gasteiger partial charge in [0.1, 0.15) is 18.2 Å². The highest BCUT2D eigenvalue weighted by molar-refractivity contribution is 5.95. The summed E-state index contributed by atoms with van der Waals surface area (Å²) < 4.78 is 6.13. The zero-order chi connectivity index (χ0) is 22.6. The number of carbonyl (C=O) groups is 1. The molecule has 5 rings (SSSR count). The molecule has 0 radical (unpaired) electrons. The van der Waals surface area contributed by atoms with E-state index in [1.807, 2.05) is 12.1 Å². The number of rotatable bonds is 7. The molecule has 2 aliphatic rings. The van der Waals surface area contributed by atoms with Crippen LogP contribution >= 0.6 is 0 Å². The Morgan fingerprint density at radius 2 is 1.85 bits per heavy atom. The van der Waals surface area contributed by atoms with Gasteiger partial charge >= 0.3 is 0 Å². The number of carbonyl (C=O) groups excluding carboxylic acids is 1. The zero-order valence-electron chi connectivity index (χ0n) is 18.7. The van der Waals surface area contributed by atoms with Gasteiger partial charge in [0.2, 0.25) is 11.9 Å². The average molecular weight is 445 g/mol. The number of amides is 1. The number of nitrogens with one attached hydrogen (secondary N) is 2. The Balaban J connectivity index is 1.16. The van der Waals surface area contributed by atoms with E-state index in [0.717, 1.165) is 30.4 Å². The number of hydrogen-bond acceptors (Lipinski definition) is 7. The van der Waals surface area contributed by atoms with Crippen LogP contribution in [0.5, 0.6) is 5.75 Å². The average Bonchev–Trinajstić information content (AvgIpc) is 3.36. The van der Waals surface area contributed by atoms with Crippen molar-refractivity contribution in [2.45, 2.75) is 37.7 Å². The summed E-state index contributed by atoms with van der Waals surface area (Å²) in [6.07, 6.45) is 6.90. The third kappa shape index (κ3) is 4.89. The van der Waals surface area contributed by atoms with Crippen molar-refractivity contribution in [2.24, 2.45) is 0 Å². The topological polar surface area (TPSA) is 92.3 Å². The summed E-state index contributed by atoms with van der Waals surface area (Å²) in [6, 6.07) is 15.8. The Bertz CT molecular complexity index is 1110. The molecule has 2 heterocycles. The van der Waals surface area contributed by atoms with Gasteiger partial charge < -0.3 is 20.3 Å². The number of aromatic nitrogens is 3. The van der Waals surface area contributed by atoms with Gasteiger partial charge in [-0.2, -0.15) is 4.98 Å². The van der Waals surface area contributed by atoms with Crippen molar-refractivity contribution in [1.82, 2.24) is 20.3 Å². The quantitative estimate of drug-likeness (QED) is 0.571. The molecule has 0 spiro atoms. The van der Waals surface area contributed by atoms with E-state index < -0.39 is 0 Å². The van der Waals surface area contributed by atoms with E-state index in [1.165, 1.54) is 37.6 Å². The molecule has 0 unspecified atom stereocenters. The van der Waals surface area contributed by atoms with Crippen LogP contribution in [-0.2, 0) is 0 Å². The standard InChI is InChI=1S/C25H28N6O2/c1-26-23(32)19-7-4-8-20(13-19)29-24-27-16-28-25(30-24)31-14-22(15-31)33-21-11-9-18(10-12-21)17-5-2-3-6-17/h4,7-13,16-17,22H,2-3,5-6,14-15H2,1H3,(H,26,32)(H,27,28,29,30). The van der Waals surface area contributed by atoms with E-state index in [2.05, 4.69) is 54.8 Å². The number of ether oxygens (including phenoxy) is 1. The lowest BCUT2D eigenvalue weighted by atomic mass is 9.98. The fourth-order valence-electron chi connectivity index (χ4n) is 4.46. The highest BCUT2D eigenvalue weighted by atomic mass is 16.5. The van der Waals surface area contributed by atoms with Crippen molar-refractivity contribution < 1.29 is 9.53 Å². The van der Waals surface area contributed by atoms with Gasteiger partial charge in [-0.25, -0.2) is 9.97 Å². The molecule has 2 aromatic carbocycles. The zero-order valence-corrected chi connectivity index (χ0v) is 18.7. The van der Waals surface area contributed by atoms with Gasteiger partial charge in [0, 0.05) is 18.3 Å². The lowest BCUT2D eigenvalue weighted by Crippen LogP contribution is -2.54. The molecule has 1 amide bonds. The summed E-state index contributed by atoms with van der Waals surface area (Å²) >= 11 is 0. The minimum atomic E-state index is -0.144. The van der Waals surface area contributed by atoms with Crippen LogP contribution in [0.4, 0.5) is 17.6 Å². The minimum Gasteiger partial charge on any atom is -0.487 e. The molecule has 8 nitrogen and oxygen atoms in total. The van der Waals surface area contributed by atoms with Crippen LogP contribution in [-0.4, -0.2) is 47.1 Å². The first-order chi connectivity index (χ1) is 16.2. The van der Waals surface area contributed by atoms with Crippen molar-refractivity contribution in [3.63, 3.8) is 0 Å². The van der Waals surface area contributed by atoms with E-state index in [0.29, 0.717) is 17.5 Å². The number of anilines is 3. The summed E-state index contributed by atoms with van der Waals surface area (Å²) in [5.41, 5.74) is 2.73. The minimum absolute atomic E-state index is 0.111. The Morgan fingerprint density at radius 3 is 2.61 bits per heavy atom. The smallest absolute Gasteiger partial charge is 0.251 e. The highest BCUT2D eigenvalue weighted by Crippen LogP contribution is 2.35. The Kier molecular flexibility index (Phi) is 6.06. The van der Waals surface area contributed by atoms with Crippen LogP contribution in [0, 0.1) is 0 Å². The monoisotopic (exact) mass is 444 g/mol. The number of nitrogens with zero attached hydrogens (tertiary/aromatic N) is 4. The summed E-state index contributed by atoms with van der Waals surface area (Å²) in [4.78, 5) is 26.9. The molecule has 8 heteroatoms. The van der Waals surface area contributed by atoms with Gasteiger partial charge in [0.25, 0.3) is 5.91 Å². The van der Waals surface area contributed by atoms with Crippen molar-refractivity contribution in [3.05, 3.63) is 66.0 Å². The van der Waals surface area contributed by atoms with Crippen LogP contribution in [0.1, 0.15) is 47.5 Å². The molecule has 3 aromatic rings. The van der Waals surface area contributed by atoms with E-state index in [1.54, 1.807) is 19.2 Å².